The number of hydrogen-bond donors (Lipinski definition) is 1. The minimum atomic E-state index is -0.250. The molecule has 5 heterocycles. The molecular weight excluding hydrogens is 389 g/mol. The molecule has 1 aromatic carbocycles. The lowest BCUT2D eigenvalue weighted by Crippen LogP contribution is -2.24. The molecule has 1 N–H and O–H groups in total. The van der Waals surface area contributed by atoms with E-state index in [1.165, 1.54) is 6.07 Å². The number of ether oxygens (including phenoxy) is 2. The Kier molecular flexibility index (Phi) is 3.53. The molecular formula is C20H18FN7O2. The highest BCUT2D eigenvalue weighted by molar-refractivity contribution is 5.78. The van der Waals surface area contributed by atoms with Gasteiger partial charge in [0.2, 0.25) is 0 Å². The summed E-state index contributed by atoms with van der Waals surface area (Å²) in [5.41, 5.74) is 2.85. The van der Waals surface area contributed by atoms with Crippen LogP contribution in [0, 0.1) is 12.7 Å². The van der Waals surface area contributed by atoms with Gasteiger partial charge < -0.3 is 14.8 Å². The Bertz CT molecular complexity index is 1310. The van der Waals surface area contributed by atoms with Crippen LogP contribution in [0.1, 0.15) is 17.0 Å². The second kappa shape index (κ2) is 6.15. The molecule has 152 valence electrons. The van der Waals surface area contributed by atoms with Crippen LogP contribution in [0.4, 0.5) is 10.2 Å². The monoisotopic (exact) mass is 407 g/mol. The zero-order chi connectivity index (χ0) is 20.4. The van der Waals surface area contributed by atoms with Crippen LogP contribution in [0.3, 0.4) is 0 Å². The normalized spacial score (nSPS) is 17.2. The van der Waals surface area contributed by atoms with Crippen molar-refractivity contribution < 1.29 is 13.9 Å². The summed E-state index contributed by atoms with van der Waals surface area (Å²) in [6.07, 6.45) is 2.04. The first kappa shape index (κ1) is 17.2. The van der Waals surface area contributed by atoms with Crippen LogP contribution >= 0.6 is 0 Å². The van der Waals surface area contributed by atoms with Crippen molar-refractivity contribution in [2.45, 2.75) is 26.0 Å². The van der Waals surface area contributed by atoms with Crippen molar-refractivity contribution in [2.24, 2.45) is 7.05 Å². The molecule has 0 aliphatic carbocycles. The average molecular weight is 407 g/mol. The lowest BCUT2D eigenvalue weighted by Gasteiger charge is -2.19. The van der Waals surface area contributed by atoms with E-state index in [1.54, 1.807) is 21.5 Å². The third-order valence-corrected chi connectivity index (χ3v) is 5.56. The van der Waals surface area contributed by atoms with Crippen molar-refractivity contribution in [3.63, 3.8) is 0 Å². The van der Waals surface area contributed by atoms with Gasteiger partial charge in [-0.3, -0.25) is 4.40 Å². The van der Waals surface area contributed by atoms with Crippen molar-refractivity contribution in [1.82, 2.24) is 29.4 Å². The number of nitrogens with one attached hydrogen (secondary N) is 1. The second-order valence-corrected chi connectivity index (χ2v) is 7.51. The zero-order valence-electron chi connectivity index (χ0n) is 16.4. The van der Waals surface area contributed by atoms with Crippen LogP contribution in [0.25, 0.3) is 17.0 Å². The molecule has 0 saturated carbocycles. The van der Waals surface area contributed by atoms with Gasteiger partial charge >= 0.3 is 0 Å². The van der Waals surface area contributed by atoms with Crippen LogP contribution in [-0.4, -0.2) is 42.1 Å². The second-order valence-electron chi connectivity index (χ2n) is 7.51. The van der Waals surface area contributed by atoms with Crippen LogP contribution in [-0.2, 0) is 20.0 Å². The molecule has 3 aromatic heterocycles. The Morgan fingerprint density at radius 2 is 2.13 bits per heavy atom. The number of fused-ring (bicyclic) bond motifs is 4. The van der Waals surface area contributed by atoms with Crippen LogP contribution in [0.2, 0.25) is 0 Å². The first-order chi connectivity index (χ1) is 14.6. The highest BCUT2D eigenvalue weighted by Crippen LogP contribution is 2.38. The minimum Gasteiger partial charge on any atom is -0.486 e. The van der Waals surface area contributed by atoms with E-state index in [0.717, 1.165) is 16.9 Å². The number of anilines is 1. The van der Waals surface area contributed by atoms with E-state index >= 15 is 0 Å². The number of halogens is 1. The summed E-state index contributed by atoms with van der Waals surface area (Å²) in [4.78, 5) is 4.52. The van der Waals surface area contributed by atoms with Crippen molar-refractivity contribution in [3.05, 3.63) is 47.3 Å². The molecule has 0 spiro atoms. The van der Waals surface area contributed by atoms with E-state index in [4.69, 9.17) is 9.47 Å². The number of aromatic nitrogens is 6. The fraction of sp³-hybridized carbons (Fsp3) is 0.300. The Labute approximate surface area is 170 Å². The van der Waals surface area contributed by atoms with Gasteiger partial charge in [-0.2, -0.15) is 5.10 Å². The Hall–Kier alpha value is -3.69. The molecule has 2 aliphatic rings. The van der Waals surface area contributed by atoms with Crippen LogP contribution in [0.5, 0.6) is 11.5 Å². The molecule has 0 saturated heterocycles. The Morgan fingerprint density at radius 3 is 2.97 bits per heavy atom. The summed E-state index contributed by atoms with van der Waals surface area (Å²) < 4.78 is 30.3. The predicted octanol–water partition coefficient (Wildman–Crippen LogP) is 2.28. The summed E-state index contributed by atoms with van der Waals surface area (Å²) in [5, 5.41) is 16.0. The van der Waals surface area contributed by atoms with Gasteiger partial charge in [-0.1, -0.05) is 0 Å². The largest absolute Gasteiger partial charge is 0.486 e. The zero-order valence-corrected chi connectivity index (χ0v) is 16.4. The summed E-state index contributed by atoms with van der Waals surface area (Å²) in [6.45, 7) is 2.45. The van der Waals surface area contributed by atoms with E-state index < -0.39 is 0 Å². The van der Waals surface area contributed by atoms with E-state index in [0.29, 0.717) is 47.5 Å². The average Bonchev–Trinajstić information content (AvgIpc) is 3.44. The van der Waals surface area contributed by atoms with Crippen LogP contribution < -0.4 is 14.8 Å². The first-order valence-corrected chi connectivity index (χ1v) is 9.67. The van der Waals surface area contributed by atoms with Gasteiger partial charge in [0.25, 0.3) is 0 Å². The standard InChI is InChI=1S/C20H18FN7O2/c1-10-24-18(27(2)26-10)13-6-17-20(28-9-23-25-19(13)28)22-7-14-12-5-11(8-29-17)30-16(12)4-3-15(14)21/h3-4,6,9,11,22H,5,7-8H2,1-2H3. The lowest BCUT2D eigenvalue weighted by molar-refractivity contribution is 0.148. The maximum absolute atomic E-state index is 14.6. The highest BCUT2D eigenvalue weighted by Gasteiger charge is 2.30. The van der Waals surface area contributed by atoms with Gasteiger partial charge in [-0.15, -0.1) is 10.2 Å². The molecule has 6 rings (SSSR count). The molecule has 0 fully saturated rings. The molecule has 30 heavy (non-hydrogen) atoms. The van der Waals surface area contributed by atoms with Crippen molar-refractivity contribution in [2.75, 3.05) is 11.9 Å². The number of benzene rings is 1. The SMILES string of the molecule is Cc1nc(-c2cc3c(n4cnnc24)NCc2c(F)ccc4c2CC(CO3)O4)n(C)n1. The topological polar surface area (TPSA) is 91.4 Å². The van der Waals surface area contributed by atoms with Crippen molar-refractivity contribution in [1.29, 1.82) is 0 Å². The molecule has 2 aliphatic heterocycles. The maximum Gasteiger partial charge on any atom is 0.173 e. The maximum atomic E-state index is 14.6. The predicted molar refractivity (Wildman–Crippen MR) is 105 cm³/mol. The molecule has 2 bridgehead atoms. The molecule has 0 amide bonds. The number of aryl methyl sites for hydroxylation is 2. The van der Waals surface area contributed by atoms with Crippen molar-refractivity contribution >= 4 is 11.5 Å². The van der Waals surface area contributed by atoms with Gasteiger partial charge in [-0.05, 0) is 25.1 Å². The number of hydrogen-bond acceptors (Lipinski definition) is 7. The molecule has 9 nitrogen and oxygen atoms in total. The summed E-state index contributed by atoms with van der Waals surface area (Å²) in [7, 11) is 1.83. The van der Waals surface area contributed by atoms with E-state index in [-0.39, 0.29) is 18.5 Å². The molecule has 10 heteroatoms. The van der Waals surface area contributed by atoms with Gasteiger partial charge in [0.15, 0.2) is 23.0 Å². The smallest absolute Gasteiger partial charge is 0.173 e. The fourth-order valence-corrected chi connectivity index (χ4v) is 4.22. The quantitative estimate of drug-likeness (QED) is 0.518. The summed E-state index contributed by atoms with van der Waals surface area (Å²) >= 11 is 0. The van der Waals surface area contributed by atoms with E-state index in [9.17, 15) is 4.39 Å². The Balaban J connectivity index is 1.53. The number of pyridine rings is 1. The van der Waals surface area contributed by atoms with Gasteiger partial charge in [0, 0.05) is 31.1 Å². The Morgan fingerprint density at radius 1 is 1.23 bits per heavy atom. The van der Waals surface area contributed by atoms with E-state index in [1.807, 2.05) is 20.0 Å². The fourth-order valence-electron chi connectivity index (χ4n) is 4.22. The summed E-state index contributed by atoms with van der Waals surface area (Å²) in [5.74, 6) is 3.02. The van der Waals surface area contributed by atoms with Gasteiger partial charge in [-0.25, -0.2) is 14.1 Å². The third-order valence-electron chi connectivity index (χ3n) is 5.56. The lowest BCUT2D eigenvalue weighted by atomic mass is 10.0. The van der Waals surface area contributed by atoms with Crippen LogP contribution in [0.15, 0.2) is 24.5 Å². The molecule has 4 aromatic rings. The van der Waals surface area contributed by atoms with E-state index in [2.05, 4.69) is 25.6 Å². The molecule has 1 atom stereocenters. The molecule has 1 unspecified atom stereocenters. The van der Waals surface area contributed by atoms with Gasteiger partial charge in [0.05, 0.1) is 5.56 Å². The third kappa shape index (κ3) is 2.46. The summed E-state index contributed by atoms with van der Waals surface area (Å²) in [6, 6.07) is 5.01. The van der Waals surface area contributed by atoms with Crippen molar-refractivity contribution in [3.8, 4) is 22.9 Å². The highest BCUT2D eigenvalue weighted by atomic mass is 19.1. The number of rotatable bonds is 1. The number of nitrogens with zero attached hydrogens (tertiary/aromatic N) is 6. The molecule has 0 radical (unpaired) electrons. The minimum absolute atomic E-state index is 0.177. The first-order valence-electron chi connectivity index (χ1n) is 9.67. The van der Waals surface area contributed by atoms with Gasteiger partial charge in [0.1, 0.15) is 36.4 Å².